The third-order valence-electron chi connectivity index (χ3n) is 4.54. The van der Waals surface area contributed by atoms with Crippen LogP contribution in [-0.4, -0.2) is 40.7 Å². The van der Waals surface area contributed by atoms with E-state index in [4.69, 9.17) is 14.6 Å². The van der Waals surface area contributed by atoms with Crippen molar-refractivity contribution in [2.75, 3.05) is 20.8 Å². The van der Waals surface area contributed by atoms with Crippen LogP contribution in [0.4, 0.5) is 0 Å². The summed E-state index contributed by atoms with van der Waals surface area (Å²) in [5, 5.41) is 8.06. The molecule has 0 spiro atoms. The van der Waals surface area contributed by atoms with Crippen molar-refractivity contribution in [3.63, 3.8) is 0 Å². The molecule has 0 heterocycles. The highest BCUT2D eigenvalue weighted by atomic mass is 32.2. The molecular formula is C20H20N2O6S. The Labute approximate surface area is 168 Å². The summed E-state index contributed by atoms with van der Waals surface area (Å²) in [6.45, 7) is 0.362. The number of benzene rings is 2. The number of ketones is 2. The summed E-state index contributed by atoms with van der Waals surface area (Å²) in [6, 6.07) is 9.30. The number of nitrogens with two attached hydrogens (primary N) is 1. The van der Waals surface area contributed by atoms with Gasteiger partial charge in [-0.2, -0.15) is 0 Å². The number of fused-ring (bicyclic) bond motifs is 1. The molecular weight excluding hydrogens is 396 g/mol. The van der Waals surface area contributed by atoms with Gasteiger partial charge in [0.15, 0.2) is 5.78 Å². The molecule has 1 aliphatic rings. The lowest BCUT2D eigenvalue weighted by Crippen LogP contribution is -2.29. The second kappa shape index (κ2) is 8.06. The molecule has 8 nitrogen and oxygen atoms in total. The number of ether oxygens (including phenoxy) is 2. The second-order valence-electron chi connectivity index (χ2n) is 6.34. The fourth-order valence-corrected chi connectivity index (χ4v) is 3.61. The summed E-state index contributed by atoms with van der Waals surface area (Å²) in [5.41, 5.74) is 1.36. The first kappa shape index (κ1) is 20.6. The third-order valence-corrected chi connectivity index (χ3v) is 5.47. The second-order valence-corrected chi connectivity index (χ2v) is 7.90. The molecule has 0 aliphatic heterocycles. The zero-order chi connectivity index (χ0) is 21.2. The predicted octanol–water partition coefficient (Wildman–Crippen LogP) is 1.45. The van der Waals surface area contributed by atoms with E-state index in [1.165, 1.54) is 32.4 Å². The molecule has 9 heteroatoms. The maximum atomic E-state index is 12.9. The lowest BCUT2D eigenvalue weighted by Gasteiger charge is -2.20. The number of carbonyl (C=O) groups is 2. The van der Waals surface area contributed by atoms with Gasteiger partial charge in [0, 0.05) is 12.6 Å². The molecule has 0 fully saturated rings. The average Bonchev–Trinajstić information content (AvgIpc) is 2.70. The quantitative estimate of drug-likeness (QED) is 0.700. The van der Waals surface area contributed by atoms with Crippen LogP contribution in [0.3, 0.4) is 0 Å². The van der Waals surface area contributed by atoms with Gasteiger partial charge in [0.05, 0.1) is 35.9 Å². The lowest BCUT2D eigenvalue weighted by atomic mass is 9.90. The molecule has 0 saturated heterocycles. The molecule has 0 radical (unpaired) electrons. The summed E-state index contributed by atoms with van der Waals surface area (Å²) >= 11 is 0. The molecule has 29 heavy (non-hydrogen) atoms. The largest absolute Gasteiger partial charge is 0.496 e. The fourth-order valence-electron chi connectivity index (χ4n) is 3.10. The minimum absolute atomic E-state index is 0.0302. The van der Waals surface area contributed by atoms with E-state index in [0.717, 1.165) is 5.56 Å². The molecule has 0 atom stereocenters. The Morgan fingerprint density at radius 3 is 2.07 bits per heavy atom. The Morgan fingerprint density at radius 1 is 0.931 bits per heavy atom. The number of Topliss-reactive ketones (excluding diaryl/α,β-unsaturated/α-hetero) is 1. The third kappa shape index (κ3) is 4.15. The molecule has 2 aromatic carbocycles. The number of carbonyl (C=O) groups excluding carboxylic acids is 2. The first-order valence-electron chi connectivity index (χ1n) is 8.67. The van der Waals surface area contributed by atoms with Gasteiger partial charge in [-0.1, -0.05) is 12.1 Å². The summed E-state index contributed by atoms with van der Waals surface area (Å²) < 4.78 is 33.1. The summed E-state index contributed by atoms with van der Waals surface area (Å²) in [6.07, 6.45) is 1.75. The normalized spacial score (nSPS) is 13.6. The molecule has 0 aromatic heterocycles. The van der Waals surface area contributed by atoms with Crippen LogP contribution in [-0.2, 0) is 16.4 Å². The van der Waals surface area contributed by atoms with Gasteiger partial charge in [0.1, 0.15) is 11.5 Å². The van der Waals surface area contributed by atoms with Crippen molar-refractivity contribution in [2.45, 2.75) is 11.3 Å². The monoisotopic (exact) mass is 416 g/mol. The van der Waals surface area contributed by atoms with Crippen molar-refractivity contribution in [1.82, 2.24) is 5.32 Å². The Morgan fingerprint density at radius 2 is 1.52 bits per heavy atom. The van der Waals surface area contributed by atoms with Gasteiger partial charge in [0.2, 0.25) is 15.8 Å². The van der Waals surface area contributed by atoms with Crippen LogP contribution < -0.4 is 19.9 Å². The maximum Gasteiger partial charge on any atom is 0.238 e. The van der Waals surface area contributed by atoms with Crippen LogP contribution in [0.15, 0.2) is 53.1 Å². The summed E-state index contributed by atoms with van der Waals surface area (Å²) in [4.78, 5) is 25.5. The Kier molecular flexibility index (Phi) is 5.71. The Bertz CT molecular complexity index is 1100. The van der Waals surface area contributed by atoms with Gasteiger partial charge in [-0.05, 0) is 36.2 Å². The predicted molar refractivity (Wildman–Crippen MR) is 106 cm³/mol. The SMILES string of the molecule is COc1ccc(OC)c2c1C(=O)C=C(NCCc1ccc(S(N)(=O)=O)cc1)C2=O. The first-order chi connectivity index (χ1) is 13.8. The number of methoxy groups -OCH3 is 2. The van der Waals surface area contributed by atoms with Gasteiger partial charge >= 0.3 is 0 Å². The number of hydrogen-bond acceptors (Lipinski definition) is 7. The maximum absolute atomic E-state index is 12.9. The van der Waals surface area contributed by atoms with Crippen molar-refractivity contribution in [2.24, 2.45) is 5.14 Å². The number of hydrogen-bond donors (Lipinski definition) is 2. The minimum atomic E-state index is -3.74. The van der Waals surface area contributed by atoms with Crippen LogP contribution in [0.5, 0.6) is 11.5 Å². The van der Waals surface area contributed by atoms with E-state index in [1.54, 1.807) is 24.3 Å². The molecule has 0 unspecified atom stereocenters. The Hall–Kier alpha value is -3.17. The van der Waals surface area contributed by atoms with E-state index in [2.05, 4.69) is 5.32 Å². The van der Waals surface area contributed by atoms with Crippen molar-refractivity contribution < 1.29 is 27.5 Å². The molecule has 2 aromatic rings. The highest BCUT2D eigenvalue weighted by Crippen LogP contribution is 2.35. The molecule has 0 bridgehead atoms. The van der Waals surface area contributed by atoms with Gasteiger partial charge in [-0.3, -0.25) is 9.59 Å². The fraction of sp³-hybridized carbons (Fsp3) is 0.200. The molecule has 3 N–H and O–H groups in total. The van der Waals surface area contributed by atoms with Gasteiger partial charge in [-0.15, -0.1) is 0 Å². The summed E-state index contributed by atoms with van der Waals surface area (Å²) in [5.74, 6) is -0.107. The van der Waals surface area contributed by atoms with Gasteiger partial charge in [0.25, 0.3) is 0 Å². The lowest BCUT2D eigenvalue weighted by molar-refractivity contribution is 0.0973. The van der Waals surface area contributed by atoms with Gasteiger partial charge in [-0.25, -0.2) is 13.6 Å². The van der Waals surface area contributed by atoms with Crippen LogP contribution in [0.1, 0.15) is 26.3 Å². The number of primary sulfonamides is 1. The van der Waals surface area contributed by atoms with E-state index in [0.29, 0.717) is 24.5 Å². The minimum Gasteiger partial charge on any atom is -0.496 e. The standard InChI is InChI=1S/C20H20N2O6S/c1-27-16-7-8-17(28-2)19-18(16)15(23)11-14(20(19)24)22-10-9-12-3-5-13(6-4-12)29(21,25)26/h3-8,11,22H,9-10H2,1-2H3,(H2,21,25,26). The molecule has 3 rings (SSSR count). The molecule has 152 valence electrons. The molecule has 0 saturated carbocycles. The number of nitrogens with one attached hydrogen (secondary N) is 1. The Balaban J connectivity index is 1.75. The molecule has 1 aliphatic carbocycles. The van der Waals surface area contributed by atoms with E-state index >= 15 is 0 Å². The van der Waals surface area contributed by atoms with Crippen molar-refractivity contribution in [3.05, 3.63) is 64.9 Å². The van der Waals surface area contributed by atoms with Gasteiger partial charge < -0.3 is 14.8 Å². The van der Waals surface area contributed by atoms with E-state index in [9.17, 15) is 18.0 Å². The summed E-state index contributed by atoms with van der Waals surface area (Å²) in [7, 11) is -0.884. The first-order valence-corrected chi connectivity index (χ1v) is 10.2. The highest BCUT2D eigenvalue weighted by molar-refractivity contribution is 7.89. The van der Waals surface area contributed by atoms with Crippen LogP contribution >= 0.6 is 0 Å². The zero-order valence-corrected chi connectivity index (χ0v) is 16.7. The van der Waals surface area contributed by atoms with Crippen LogP contribution in [0.2, 0.25) is 0 Å². The number of sulfonamides is 1. The topological polar surface area (TPSA) is 125 Å². The number of allylic oxidation sites excluding steroid dienone is 2. The van der Waals surface area contributed by atoms with E-state index in [-0.39, 0.29) is 33.3 Å². The molecule has 0 amide bonds. The zero-order valence-electron chi connectivity index (χ0n) is 15.9. The highest BCUT2D eigenvalue weighted by Gasteiger charge is 2.31. The van der Waals surface area contributed by atoms with Crippen molar-refractivity contribution in [1.29, 1.82) is 0 Å². The van der Waals surface area contributed by atoms with E-state index < -0.39 is 10.0 Å². The van der Waals surface area contributed by atoms with Crippen molar-refractivity contribution in [3.8, 4) is 11.5 Å². The van der Waals surface area contributed by atoms with Crippen LogP contribution in [0.25, 0.3) is 0 Å². The van der Waals surface area contributed by atoms with Crippen LogP contribution in [0, 0.1) is 0 Å². The average molecular weight is 416 g/mol. The van der Waals surface area contributed by atoms with Crippen molar-refractivity contribution >= 4 is 21.6 Å². The van der Waals surface area contributed by atoms with E-state index in [1.807, 2.05) is 0 Å². The number of rotatable bonds is 7. The smallest absolute Gasteiger partial charge is 0.238 e.